The lowest BCUT2D eigenvalue weighted by molar-refractivity contribution is -0.0500. The maximum absolute atomic E-state index is 13.0. The maximum Gasteiger partial charge on any atom is 0.534 e. The van der Waals surface area contributed by atoms with Crippen molar-refractivity contribution in [2.75, 3.05) is 5.32 Å². The smallest absolute Gasteiger partial charge is 0.375 e. The molecule has 174 valence electrons. The van der Waals surface area contributed by atoms with Crippen molar-refractivity contribution in [1.82, 2.24) is 0 Å². The molecule has 0 radical (unpaired) electrons. The van der Waals surface area contributed by atoms with Gasteiger partial charge in [0, 0.05) is 5.69 Å². The highest BCUT2D eigenvalue weighted by Gasteiger charge is 2.49. The number of benzene rings is 2. The van der Waals surface area contributed by atoms with Crippen LogP contribution in [0.1, 0.15) is 67.1 Å². The number of rotatable bonds is 4. The third-order valence-corrected chi connectivity index (χ3v) is 6.40. The number of fused-ring (bicyclic) bond motifs is 1. The Morgan fingerprint density at radius 1 is 0.938 bits per heavy atom. The summed E-state index contributed by atoms with van der Waals surface area (Å²) in [7, 11) is -5.92. The van der Waals surface area contributed by atoms with Gasteiger partial charge in [0.2, 0.25) is 0 Å². The minimum atomic E-state index is -5.92. The fraction of sp³-hybridized carbons (Fsp3) is 0.435. The molecule has 2 aromatic rings. The van der Waals surface area contributed by atoms with Crippen molar-refractivity contribution in [2.45, 2.75) is 63.8 Å². The van der Waals surface area contributed by atoms with Crippen LogP contribution in [-0.4, -0.2) is 19.8 Å². The summed E-state index contributed by atoms with van der Waals surface area (Å²) < 4.78 is 66.5. The second-order valence-corrected chi connectivity index (χ2v) is 10.5. The predicted octanol–water partition coefficient (Wildman–Crippen LogP) is 5.73. The Morgan fingerprint density at radius 2 is 1.50 bits per heavy atom. The number of halogens is 3. The number of aryl methyl sites for hydroxylation is 2. The van der Waals surface area contributed by atoms with Crippen molar-refractivity contribution in [3.63, 3.8) is 0 Å². The van der Waals surface area contributed by atoms with Crippen molar-refractivity contribution >= 4 is 21.7 Å². The van der Waals surface area contributed by atoms with Gasteiger partial charge in [-0.15, -0.1) is 0 Å². The summed E-state index contributed by atoms with van der Waals surface area (Å²) in [5, 5.41) is 2.63. The average Bonchev–Trinajstić information content (AvgIpc) is 2.90. The fourth-order valence-electron chi connectivity index (χ4n) is 3.60. The van der Waals surface area contributed by atoms with Crippen LogP contribution >= 0.6 is 0 Å². The fourth-order valence-corrected chi connectivity index (χ4v) is 4.07. The lowest BCUT2D eigenvalue weighted by Gasteiger charge is -2.19. The summed E-state index contributed by atoms with van der Waals surface area (Å²) in [6, 6.07) is 9.77. The molecule has 0 atom stereocenters. The van der Waals surface area contributed by atoms with Crippen LogP contribution in [0.2, 0.25) is 0 Å². The van der Waals surface area contributed by atoms with Crippen LogP contribution < -0.4 is 9.50 Å². The lowest BCUT2D eigenvalue weighted by atomic mass is 9.87. The normalized spacial score (nSPS) is 14.9. The largest absolute Gasteiger partial charge is 0.534 e. The number of anilines is 1. The number of hydrogen-bond acceptors (Lipinski definition) is 4. The number of carbonyl (C=O) groups is 1. The van der Waals surface area contributed by atoms with Crippen LogP contribution in [0.25, 0.3) is 0 Å². The molecule has 0 unspecified atom stereocenters. The molecule has 0 spiro atoms. The van der Waals surface area contributed by atoms with Gasteiger partial charge in [-0.1, -0.05) is 39.3 Å². The summed E-state index contributed by atoms with van der Waals surface area (Å²) in [5.74, 6) is -1.36. The van der Waals surface area contributed by atoms with Crippen molar-refractivity contribution < 1.29 is 30.6 Å². The second kappa shape index (κ2) is 8.77. The lowest BCUT2D eigenvalue weighted by Crippen LogP contribution is -2.29. The summed E-state index contributed by atoms with van der Waals surface area (Å²) in [4.78, 5) is 13.0. The third-order valence-electron chi connectivity index (χ3n) is 5.43. The Morgan fingerprint density at radius 3 is 2.03 bits per heavy atom. The Labute approximate surface area is 186 Å². The van der Waals surface area contributed by atoms with Crippen molar-refractivity contribution in [3.8, 4) is 5.75 Å². The van der Waals surface area contributed by atoms with E-state index in [2.05, 4.69) is 9.50 Å². The molecule has 5 nitrogen and oxygen atoms in total. The van der Waals surface area contributed by atoms with Crippen LogP contribution in [0.3, 0.4) is 0 Å². The van der Waals surface area contributed by atoms with E-state index in [4.69, 9.17) is 0 Å². The molecule has 1 aliphatic carbocycles. The summed E-state index contributed by atoms with van der Waals surface area (Å²) >= 11 is 0. The minimum absolute atomic E-state index is 0.0908. The number of alkyl halides is 3. The van der Waals surface area contributed by atoms with Gasteiger partial charge in [-0.05, 0) is 72.1 Å². The molecule has 0 fully saturated rings. The quantitative estimate of drug-likeness (QED) is 0.352. The van der Waals surface area contributed by atoms with E-state index in [1.165, 1.54) is 12.1 Å². The van der Waals surface area contributed by atoms with E-state index in [9.17, 15) is 26.4 Å². The van der Waals surface area contributed by atoms with Crippen LogP contribution in [0.5, 0.6) is 5.75 Å². The summed E-state index contributed by atoms with van der Waals surface area (Å²) in [6.45, 7) is 6.13. The SMILES string of the molecule is CC(C)(C)c1ccc(NC(=O)c2cc3c(cc2OS(=O)(=O)C(F)(F)F)CCCCC3)cc1. The van der Waals surface area contributed by atoms with Gasteiger partial charge < -0.3 is 9.50 Å². The highest BCUT2D eigenvalue weighted by atomic mass is 32.2. The molecule has 1 amide bonds. The Bertz CT molecular complexity index is 1100. The predicted molar refractivity (Wildman–Crippen MR) is 116 cm³/mol. The molecule has 0 aromatic heterocycles. The van der Waals surface area contributed by atoms with E-state index in [0.717, 1.165) is 30.4 Å². The molecule has 0 aliphatic heterocycles. The van der Waals surface area contributed by atoms with E-state index < -0.39 is 27.3 Å². The first kappa shape index (κ1) is 24.1. The van der Waals surface area contributed by atoms with Crippen molar-refractivity contribution in [1.29, 1.82) is 0 Å². The van der Waals surface area contributed by atoms with Gasteiger partial charge >= 0.3 is 15.6 Å². The van der Waals surface area contributed by atoms with Gasteiger partial charge in [0.05, 0.1) is 5.56 Å². The van der Waals surface area contributed by atoms with E-state index in [0.29, 0.717) is 24.1 Å². The number of carbonyl (C=O) groups excluding carboxylic acids is 1. The second-order valence-electron chi connectivity index (χ2n) is 8.94. The van der Waals surface area contributed by atoms with Gasteiger partial charge in [0.15, 0.2) is 5.75 Å². The molecule has 1 N–H and O–H groups in total. The Balaban J connectivity index is 1.97. The van der Waals surface area contributed by atoms with E-state index in [1.54, 1.807) is 12.1 Å². The molecular weight excluding hydrogens is 443 g/mol. The van der Waals surface area contributed by atoms with Crippen molar-refractivity contribution in [2.24, 2.45) is 0 Å². The van der Waals surface area contributed by atoms with Gasteiger partial charge in [-0.25, -0.2) is 0 Å². The maximum atomic E-state index is 13.0. The molecule has 0 heterocycles. The third kappa shape index (κ3) is 5.43. The average molecular weight is 470 g/mol. The highest BCUT2D eigenvalue weighted by molar-refractivity contribution is 7.88. The van der Waals surface area contributed by atoms with Crippen LogP contribution in [0, 0.1) is 0 Å². The standard InChI is InChI=1S/C23H26F3NO4S/c1-22(2,3)17-9-11-18(12-10-17)27-21(28)19-13-15-7-5-4-6-8-16(15)14-20(19)31-32(29,30)23(24,25)26/h9-14H,4-8H2,1-3H3,(H,27,28). The minimum Gasteiger partial charge on any atom is -0.375 e. The van der Waals surface area contributed by atoms with Gasteiger partial charge in [-0.2, -0.15) is 21.6 Å². The Kier molecular flexibility index (Phi) is 6.60. The molecule has 0 saturated heterocycles. The summed E-state index contributed by atoms with van der Waals surface area (Å²) in [5.41, 5.74) is -2.96. The zero-order chi connectivity index (χ0) is 23.7. The summed E-state index contributed by atoms with van der Waals surface area (Å²) in [6.07, 6.45) is 3.87. The number of hydrogen-bond donors (Lipinski definition) is 1. The van der Waals surface area contributed by atoms with E-state index >= 15 is 0 Å². The number of amides is 1. The van der Waals surface area contributed by atoms with E-state index in [1.807, 2.05) is 32.9 Å². The first-order valence-corrected chi connectivity index (χ1v) is 11.8. The van der Waals surface area contributed by atoms with Crippen LogP contribution in [0.15, 0.2) is 36.4 Å². The molecule has 3 rings (SSSR count). The topological polar surface area (TPSA) is 72.5 Å². The molecule has 32 heavy (non-hydrogen) atoms. The molecule has 9 heteroatoms. The molecule has 1 aliphatic rings. The first-order valence-electron chi connectivity index (χ1n) is 10.4. The highest BCUT2D eigenvalue weighted by Crippen LogP contribution is 2.34. The first-order chi connectivity index (χ1) is 14.8. The van der Waals surface area contributed by atoms with Gasteiger partial charge in [0.25, 0.3) is 5.91 Å². The monoisotopic (exact) mass is 469 g/mol. The molecule has 2 aromatic carbocycles. The van der Waals surface area contributed by atoms with Crippen molar-refractivity contribution in [3.05, 3.63) is 58.7 Å². The Hall–Kier alpha value is -2.55. The number of nitrogens with one attached hydrogen (secondary N) is 1. The van der Waals surface area contributed by atoms with E-state index in [-0.39, 0.29) is 11.0 Å². The molecule has 0 saturated carbocycles. The van der Waals surface area contributed by atoms with Gasteiger partial charge in [0.1, 0.15) is 0 Å². The zero-order valence-corrected chi connectivity index (χ0v) is 19.0. The molecular formula is C23H26F3NO4S. The molecule has 0 bridgehead atoms. The zero-order valence-electron chi connectivity index (χ0n) is 18.2. The van der Waals surface area contributed by atoms with Crippen LogP contribution in [-0.2, 0) is 28.4 Å². The van der Waals surface area contributed by atoms with Gasteiger partial charge in [-0.3, -0.25) is 4.79 Å². The van der Waals surface area contributed by atoms with Crippen LogP contribution in [0.4, 0.5) is 18.9 Å².